The van der Waals surface area contributed by atoms with Crippen molar-refractivity contribution in [2.45, 2.75) is 58.7 Å². The highest BCUT2D eigenvalue weighted by molar-refractivity contribution is 5.94. The van der Waals surface area contributed by atoms with Crippen LogP contribution in [0.5, 0.6) is 0 Å². The first-order valence-corrected chi connectivity index (χ1v) is 8.13. The summed E-state index contributed by atoms with van der Waals surface area (Å²) in [5.41, 5.74) is 1.87. The average Bonchev–Trinajstić information content (AvgIpc) is 3.16. The molecular formula is C15H18F3N5O3. The van der Waals surface area contributed by atoms with Gasteiger partial charge in [-0.3, -0.25) is 9.48 Å². The molecule has 1 aliphatic heterocycles. The largest absolute Gasteiger partial charge is 0.455 e. The van der Waals surface area contributed by atoms with Crippen molar-refractivity contribution < 1.29 is 27.2 Å². The maximum Gasteiger partial charge on any atom is 0.455 e. The molecular weight excluding hydrogens is 355 g/mol. The van der Waals surface area contributed by atoms with Crippen molar-refractivity contribution >= 4 is 5.91 Å². The molecule has 2 aromatic rings. The maximum atomic E-state index is 12.5. The van der Waals surface area contributed by atoms with Crippen LogP contribution in [0, 0.1) is 0 Å². The standard InChI is InChI=1S/C15H18F3N5O3/c1-4-23-12-8(3)25-7(2)5-9(12)11(21-23)13(24)19-6-10-20-14(22-26-10)15(16,17)18/h7-8H,4-6H2,1-3H3,(H,19,24)/t7-,8+/m1/s1. The van der Waals surface area contributed by atoms with Crippen LogP contribution in [-0.2, 0) is 30.4 Å². The molecule has 0 aliphatic carbocycles. The number of ether oxygens (including phenoxy) is 1. The Hall–Kier alpha value is -2.43. The van der Waals surface area contributed by atoms with Crippen molar-refractivity contribution in [2.24, 2.45) is 0 Å². The molecule has 0 unspecified atom stereocenters. The van der Waals surface area contributed by atoms with E-state index in [1.807, 2.05) is 20.8 Å². The maximum absolute atomic E-state index is 12.5. The molecule has 11 heteroatoms. The summed E-state index contributed by atoms with van der Waals surface area (Å²) >= 11 is 0. The van der Waals surface area contributed by atoms with Crippen molar-refractivity contribution in [3.8, 4) is 0 Å². The molecule has 0 saturated heterocycles. The van der Waals surface area contributed by atoms with E-state index < -0.39 is 17.9 Å². The van der Waals surface area contributed by atoms with Crippen LogP contribution >= 0.6 is 0 Å². The number of carbonyl (C=O) groups is 1. The number of amides is 1. The molecule has 8 nitrogen and oxygen atoms in total. The third-order valence-electron chi connectivity index (χ3n) is 4.04. The Morgan fingerprint density at radius 3 is 2.73 bits per heavy atom. The van der Waals surface area contributed by atoms with Gasteiger partial charge in [-0.05, 0) is 20.8 Å². The lowest BCUT2D eigenvalue weighted by atomic mass is 9.99. The summed E-state index contributed by atoms with van der Waals surface area (Å²) in [6.45, 7) is 5.94. The first-order chi connectivity index (χ1) is 12.2. The fourth-order valence-corrected chi connectivity index (χ4v) is 3.02. The molecule has 1 aliphatic rings. The van der Waals surface area contributed by atoms with Gasteiger partial charge in [-0.15, -0.1) is 0 Å². The first kappa shape index (κ1) is 18.4. The van der Waals surface area contributed by atoms with Gasteiger partial charge >= 0.3 is 6.18 Å². The molecule has 142 valence electrons. The van der Waals surface area contributed by atoms with Crippen LogP contribution in [0.15, 0.2) is 4.52 Å². The summed E-state index contributed by atoms with van der Waals surface area (Å²) in [4.78, 5) is 15.7. The highest BCUT2D eigenvalue weighted by Gasteiger charge is 2.37. The molecule has 3 heterocycles. The lowest BCUT2D eigenvalue weighted by Gasteiger charge is -2.26. The molecule has 0 bridgehead atoms. The highest BCUT2D eigenvalue weighted by Crippen LogP contribution is 2.32. The number of nitrogens with one attached hydrogen (secondary N) is 1. The molecule has 2 aromatic heterocycles. The average molecular weight is 373 g/mol. The van der Waals surface area contributed by atoms with Gasteiger partial charge in [0.1, 0.15) is 0 Å². The summed E-state index contributed by atoms with van der Waals surface area (Å²) in [7, 11) is 0. The van der Waals surface area contributed by atoms with Crippen LogP contribution in [0.25, 0.3) is 0 Å². The fraction of sp³-hybridized carbons (Fsp3) is 0.600. The van der Waals surface area contributed by atoms with Crippen LogP contribution < -0.4 is 5.32 Å². The SMILES string of the molecule is CCn1nc(C(=O)NCc2nc(C(F)(F)F)no2)c2c1[C@H](C)O[C@H](C)C2. The van der Waals surface area contributed by atoms with E-state index in [0.29, 0.717) is 13.0 Å². The quantitative estimate of drug-likeness (QED) is 0.883. The van der Waals surface area contributed by atoms with Crippen molar-refractivity contribution in [2.75, 3.05) is 0 Å². The number of hydrogen-bond acceptors (Lipinski definition) is 6. The Bertz CT molecular complexity index is 814. The second-order valence-corrected chi connectivity index (χ2v) is 6.01. The van der Waals surface area contributed by atoms with Gasteiger partial charge in [0.25, 0.3) is 11.7 Å². The predicted octanol–water partition coefficient (Wildman–Crippen LogP) is 2.26. The van der Waals surface area contributed by atoms with E-state index in [9.17, 15) is 18.0 Å². The van der Waals surface area contributed by atoms with Gasteiger partial charge in [-0.25, -0.2) is 0 Å². The van der Waals surface area contributed by atoms with Gasteiger partial charge in [0.2, 0.25) is 5.89 Å². The monoisotopic (exact) mass is 373 g/mol. The summed E-state index contributed by atoms with van der Waals surface area (Å²) < 4.78 is 49.4. The minimum atomic E-state index is -4.70. The van der Waals surface area contributed by atoms with E-state index >= 15 is 0 Å². The molecule has 0 aromatic carbocycles. The third kappa shape index (κ3) is 3.43. The van der Waals surface area contributed by atoms with Crippen LogP contribution in [0.3, 0.4) is 0 Å². The molecule has 0 fully saturated rings. The number of nitrogens with zero attached hydrogens (tertiary/aromatic N) is 4. The topological polar surface area (TPSA) is 95.1 Å². The first-order valence-electron chi connectivity index (χ1n) is 8.13. The Balaban J connectivity index is 1.77. The summed E-state index contributed by atoms with van der Waals surface area (Å²) in [5.74, 6) is -2.23. The van der Waals surface area contributed by atoms with E-state index in [1.165, 1.54) is 0 Å². The molecule has 1 amide bonds. The highest BCUT2D eigenvalue weighted by atomic mass is 19.4. The number of halogens is 3. The van der Waals surface area contributed by atoms with E-state index in [2.05, 4.69) is 25.1 Å². The molecule has 26 heavy (non-hydrogen) atoms. The van der Waals surface area contributed by atoms with Gasteiger partial charge in [-0.1, -0.05) is 5.16 Å². The van der Waals surface area contributed by atoms with Crippen molar-refractivity contribution in [1.82, 2.24) is 25.2 Å². The molecule has 0 radical (unpaired) electrons. The van der Waals surface area contributed by atoms with Gasteiger partial charge in [0, 0.05) is 18.5 Å². The van der Waals surface area contributed by atoms with E-state index in [-0.39, 0.29) is 30.3 Å². The lowest BCUT2D eigenvalue weighted by Crippen LogP contribution is -2.27. The van der Waals surface area contributed by atoms with E-state index in [0.717, 1.165) is 11.3 Å². The van der Waals surface area contributed by atoms with Crippen molar-refractivity contribution in [3.05, 3.63) is 28.7 Å². The third-order valence-corrected chi connectivity index (χ3v) is 4.04. The van der Waals surface area contributed by atoms with Gasteiger partial charge in [0.15, 0.2) is 5.69 Å². The lowest BCUT2D eigenvalue weighted by molar-refractivity contribution is -0.146. The number of hydrogen-bond donors (Lipinski definition) is 1. The molecule has 3 rings (SSSR count). The minimum absolute atomic E-state index is 0.0659. The zero-order chi connectivity index (χ0) is 19.1. The van der Waals surface area contributed by atoms with Gasteiger partial charge in [-0.2, -0.15) is 23.3 Å². The normalized spacial score (nSPS) is 20.1. The Kier molecular flexibility index (Phi) is 4.74. The second kappa shape index (κ2) is 6.71. The number of aryl methyl sites for hydroxylation is 1. The second-order valence-electron chi connectivity index (χ2n) is 6.01. The molecule has 0 spiro atoms. The van der Waals surface area contributed by atoms with Crippen molar-refractivity contribution in [3.63, 3.8) is 0 Å². The minimum Gasteiger partial charge on any atom is -0.369 e. The molecule has 0 saturated carbocycles. The summed E-state index contributed by atoms with van der Waals surface area (Å²) in [5, 5.41) is 9.65. The number of aromatic nitrogens is 4. The summed E-state index contributed by atoms with van der Waals surface area (Å²) in [6.07, 6.45) is -4.44. The Labute approximate surface area is 146 Å². The van der Waals surface area contributed by atoms with E-state index in [4.69, 9.17) is 4.74 Å². The Morgan fingerprint density at radius 1 is 1.38 bits per heavy atom. The van der Waals surface area contributed by atoms with Crippen LogP contribution in [0.4, 0.5) is 13.2 Å². The zero-order valence-electron chi connectivity index (χ0n) is 14.4. The van der Waals surface area contributed by atoms with Gasteiger partial charge < -0.3 is 14.6 Å². The van der Waals surface area contributed by atoms with Crippen LogP contribution in [0.2, 0.25) is 0 Å². The number of carbonyl (C=O) groups excluding carboxylic acids is 1. The van der Waals surface area contributed by atoms with Crippen molar-refractivity contribution in [1.29, 1.82) is 0 Å². The molecule has 1 N–H and O–H groups in total. The fourth-order valence-electron chi connectivity index (χ4n) is 3.02. The number of rotatable bonds is 4. The van der Waals surface area contributed by atoms with E-state index in [1.54, 1.807) is 4.68 Å². The van der Waals surface area contributed by atoms with Gasteiger partial charge in [0.05, 0.1) is 24.4 Å². The molecule has 2 atom stereocenters. The summed E-state index contributed by atoms with van der Waals surface area (Å²) in [6, 6.07) is 0. The smallest absolute Gasteiger partial charge is 0.369 e. The zero-order valence-corrected chi connectivity index (χ0v) is 14.4. The number of fused-ring (bicyclic) bond motifs is 1. The van der Waals surface area contributed by atoms with Crippen LogP contribution in [-0.4, -0.2) is 31.9 Å². The van der Waals surface area contributed by atoms with Crippen LogP contribution in [0.1, 0.15) is 60.3 Å². The number of alkyl halides is 3. The predicted molar refractivity (Wildman–Crippen MR) is 81.0 cm³/mol. The Morgan fingerprint density at radius 2 is 2.12 bits per heavy atom.